The van der Waals surface area contributed by atoms with Crippen LogP contribution in [0.15, 0.2) is 30.3 Å². The number of carbonyl (C=O) groups excluding carboxylic acids is 6. The zero-order valence-corrected chi connectivity index (χ0v) is 26.5. The molecule has 5 N–H and O–H groups in total. The van der Waals surface area contributed by atoms with Crippen molar-refractivity contribution >= 4 is 41.5 Å². The number of hydrogen-bond acceptors (Lipinski definition) is 6. The van der Waals surface area contributed by atoms with Crippen LogP contribution in [0.5, 0.6) is 0 Å². The number of carbonyl (C=O) groups is 6. The standard InChI is InChI=1S/C35H43N5O6/c1-20-16-17-25-26(20)19-40(30(25)34(45)38-27(31(42)32(36)43)18-22-10-9-11-22)35(46)29(24-14-7-4-8-15-24)39-33(44)28(37-21(2)41)23-12-5-3-6-13-23/h3,5-6,12-13,19-20,22,24-30H,4,7-11,14-15,18H2,1-2H3,(H4-,36,37,38,39,41,43,44,45)/p+1/t20?,25?,26-,27?,28+,29+,30+/m1/s1. The Hall–Kier alpha value is -4.33. The molecular weight excluding hydrogens is 586 g/mol. The fourth-order valence-electron chi connectivity index (χ4n) is 7.31. The third kappa shape index (κ3) is 7.22. The summed E-state index contributed by atoms with van der Waals surface area (Å²) >= 11 is 0. The topological polar surface area (TPSA) is 168 Å². The molecule has 1 heterocycles. The molecule has 3 unspecified atom stereocenters. The Labute approximate surface area is 269 Å². The first kappa shape index (κ1) is 33.0. The van der Waals surface area contributed by atoms with Crippen molar-refractivity contribution in [3.63, 3.8) is 0 Å². The minimum Gasteiger partial charge on any atom is -0.363 e. The van der Waals surface area contributed by atoms with E-state index in [-0.39, 0.29) is 23.7 Å². The zero-order chi connectivity index (χ0) is 33.0. The highest BCUT2D eigenvalue weighted by atomic mass is 16.2. The van der Waals surface area contributed by atoms with E-state index in [0.717, 1.165) is 51.4 Å². The van der Waals surface area contributed by atoms with Gasteiger partial charge in [-0.25, -0.2) is 4.79 Å². The molecule has 2 saturated carbocycles. The average Bonchev–Trinajstić information content (AvgIpc) is 3.59. The number of hydrogen-bond donors (Lipinski definition) is 4. The van der Waals surface area contributed by atoms with Crippen LogP contribution in [-0.2, 0) is 28.8 Å². The number of amides is 5. The van der Waals surface area contributed by atoms with E-state index in [1.165, 1.54) is 11.5 Å². The van der Waals surface area contributed by atoms with Crippen molar-refractivity contribution in [3.8, 4) is 11.8 Å². The summed E-state index contributed by atoms with van der Waals surface area (Å²) < 4.78 is 1.40. The number of fused-ring (bicyclic) bond motifs is 1. The van der Waals surface area contributed by atoms with Gasteiger partial charge in [-0.2, -0.15) is 4.58 Å². The van der Waals surface area contributed by atoms with Crippen LogP contribution in [0.1, 0.15) is 83.2 Å². The number of nitrogens with one attached hydrogen (secondary N) is 3. The second kappa shape index (κ2) is 14.4. The maximum absolute atomic E-state index is 14.6. The van der Waals surface area contributed by atoms with E-state index in [1.807, 2.05) is 13.0 Å². The molecule has 2 fully saturated rings. The van der Waals surface area contributed by atoms with E-state index in [9.17, 15) is 28.8 Å². The fraction of sp³-hybridized carbons (Fsp3) is 0.571. The van der Waals surface area contributed by atoms with E-state index in [1.54, 1.807) is 30.5 Å². The Morgan fingerprint density at radius 3 is 2.22 bits per heavy atom. The summed E-state index contributed by atoms with van der Waals surface area (Å²) in [6.07, 6.45) is 9.13. The van der Waals surface area contributed by atoms with Crippen LogP contribution in [0.2, 0.25) is 0 Å². The molecule has 244 valence electrons. The summed E-state index contributed by atoms with van der Waals surface area (Å²) in [4.78, 5) is 79.2. The molecule has 5 amide bonds. The van der Waals surface area contributed by atoms with Gasteiger partial charge in [0.1, 0.15) is 12.0 Å². The molecule has 5 rings (SSSR count). The van der Waals surface area contributed by atoms with Gasteiger partial charge in [-0.15, -0.1) is 0 Å². The summed E-state index contributed by atoms with van der Waals surface area (Å²) in [6.45, 7) is 3.27. The van der Waals surface area contributed by atoms with Crippen molar-refractivity contribution < 1.29 is 33.3 Å². The van der Waals surface area contributed by atoms with Crippen LogP contribution < -0.4 is 21.7 Å². The van der Waals surface area contributed by atoms with E-state index >= 15 is 0 Å². The van der Waals surface area contributed by atoms with Crippen LogP contribution in [-0.4, -0.2) is 64.2 Å². The van der Waals surface area contributed by atoms with E-state index in [4.69, 9.17) is 5.73 Å². The molecule has 0 spiro atoms. The smallest absolute Gasteiger partial charge is 0.363 e. The number of Topliss-reactive ketones (excluding diaryl/α,β-unsaturated/α-hetero) is 1. The predicted octanol–water partition coefficient (Wildman–Crippen LogP) is 1.54. The van der Waals surface area contributed by atoms with Crippen LogP contribution in [0, 0.1) is 41.4 Å². The van der Waals surface area contributed by atoms with Gasteiger partial charge >= 0.3 is 5.91 Å². The van der Waals surface area contributed by atoms with Gasteiger partial charge in [0.05, 0.1) is 12.0 Å². The summed E-state index contributed by atoms with van der Waals surface area (Å²) in [6, 6.07) is 4.71. The van der Waals surface area contributed by atoms with Crippen molar-refractivity contribution in [1.82, 2.24) is 16.0 Å². The molecule has 11 nitrogen and oxygen atoms in total. The first-order valence-electron chi connectivity index (χ1n) is 16.5. The maximum Gasteiger partial charge on any atom is 0.410 e. The van der Waals surface area contributed by atoms with Gasteiger partial charge in [0.2, 0.25) is 17.6 Å². The van der Waals surface area contributed by atoms with E-state index < -0.39 is 65.4 Å². The monoisotopic (exact) mass is 630 g/mol. The Balaban J connectivity index is 1.44. The van der Waals surface area contributed by atoms with Crippen molar-refractivity contribution in [2.45, 2.75) is 95.8 Å². The lowest BCUT2D eigenvalue weighted by molar-refractivity contribution is -0.470. The Bertz CT molecular complexity index is 1470. The van der Waals surface area contributed by atoms with Crippen LogP contribution >= 0.6 is 0 Å². The van der Waals surface area contributed by atoms with Gasteiger partial charge in [-0.1, -0.05) is 87.6 Å². The molecule has 0 saturated heterocycles. The van der Waals surface area contributed by atoms with Gasteiger partial charge in [0, 0.05) is 12.8 Å². The van der Waals surface area contributed by atoms with Gasteiger partial charge in [0.15, 0.2) is 12.3 Å². The summed E-state index contributed by atoms with van der Waals surface area (Å²) in [5.74, 6) is 1.55. The molecule has 46 heavy (non-hydrogen) atoms. The first-order chi connectivity index (χ1) is 22.0. The molecule has 0 aromatic heterocycles. The van der Waals surface area contributed by atoms with Gasteiger partial charge in [-0.05, 0) is 36.7 Å². The quantitative estimate of drug-likeness (QED) is 0.155. The predicted molar refractivity (Wildman–Crippen MR) is 169 cm³/mol. The second-order valence-electron chi connectivity index (χ2n) is 13.3. The van der Waals surface area contributed by atoms with E-state index in [2.05, 4.69) is 27.8 Å². The van der Waals surface area contributed by atoms with Gasteiger partial charge in [0.25, 0.3) is 17.9 Å². The minimum atomic E-state index is -1.12. The van der Waals surface area contributed by atoms with Gasteiger partial charge < -0.3 is 21.7 Å². The number of nitrogens with two attached hydrogens (primary N) is 1. The highest BCUT2D eigenvalue weighted by Gasteiger charge is 2.56. The third-order valence-electron chi connectivity index (χ3n) is 10.1. The molecule has 1 aromatic carbocycles. The summed E-state index contributed by atoms with van der Waals surface area (Å²) in [5, 5.41) is 8.45. The Morgan fingerprint density at radius 1 is 0.913 bits per heavy atom. The first-order valence-corrected chi connectivity index (χ1v) is 16.5. The maximum atomic E-state index is 14.6. The molecule has 11 heteroatoms. The second-order valence-corrected chi connectivity index (χ2v) is 13.3. The molecule has 0 bridgehead atoms. The molecule has 1 aliphatic heterocycles. The number of rotatable bonds is 12. The van der Waals surface area contributed by atoms with Crippen LogP contribution in [0.25, 0.3) is 0 Å². The lowest BCUT2D eigenvalue weighted by Crippen LogP contribution is -2.57. The number of nitrogens with zero attached hydrogens (tertiary/aromatic N) is 1. The minimum absolute atomic E-state index is 0.110. The van der Waals surface area contributed by atoms with Crippen LogP contribution in [0.3, 0.4) is 0 Å². The third-order valence-corrected chi connectivity index (χ3v) is 10.1. The molecule has 0 radical (unpaired) electrons. The van der Waals surface area contributed by atoms with E-state index in [0.29, 0.717) is 12.0 Å². The molecule has 4 aliphatic rings. The van der Waals surface area contributed by atoms with Crippen molar-refractivity contribution in [2.24, 2.45) is 35.3 Å². The molecule has 3 aliphatic carbocycles. The largest absolute Gasteiger partial charge is 0.410 e. The normalized spacial score (nSPS) is 25.7. The number of ketones is 1. The Morgan fingerprint density at radius 2 is 1.61 bits per heavy atom. The number of benzene rings is 1. The number of primary amides is 1. The highest BCUT2D eigenvalue weighted by molar-refractivity contribution is 6.37. The Kier molecular flexibility index (Phi) is 10.3. The summed E-state index contributed by atoms with van der Waals surface area (Å²) in [7, 11) is 0. The fourth-order valence-corrected chi connectivity index (χ4v) is 7.31. The van der Waals surface area contributed by atoms with Crippen molar-refractivity contribution in [3.05, 3.63) is 35.9 Å². The zero-order valence-electron chi connectivity index (χ0n) is 26.5. The van der Waals surface area contributed by atoms with Crippen molar-refractivity contribution in [2.75, 3.05) is 0 Å². The SMILES string of the molecule is CC(=O)N[C@H](C(=O)N[C@H](C(=O)[N+]1=C[C@@H]2C(C)C#CC2[C@H]1C(=O)NC(CC1CCC1)C(=O)C(N)=O)C1CCCCC1)c1ccccc1. The summed E-state index contributed by atoms with van der Waals surface area (Å²) in [5.41, 5.74) is 5.92. The molecular formula is C35H44N5O6+. The lowest BCUT2D eigenvalue weighted by Gasteiger charge is -2.30. The lowest BCUT2D eigenvalue weighted by atomic mass is 9.80. The molecule has 1 aromatic rings. The molecule has 7 atom stereocenters. The van der Waals surface area contributed by atoms with Crippen molar-refractivity contribution in [1.29, 1.82) is 0 Å². The average molecular weight is 631 g/mol. The van der Waals surface area contributed by atoms with Gasteiger partial charge in [-0.3, -0.25) is 24.0 Å². The highest BCUT2D eigenvalue weighted by Crippen LogP contribution is 2.36. The van der Waals surface area contributed by atoms with Crippen LogP contribution in [0.4, 0.5) is 0 Å².